The van der Waals surface area contributed by atoms with E-state index in [1.54, 1.807) is 0 Å². The molecule has 0 heterocycles. The minimum absolute atomic E-state index is 0. The van der Waals surface area contributed by atoms with Crippen molar-refractivity contribution in [3.05, 3.63) is 169 Å². The van der Waals surface area contributed by atoms with E-state index in [9.17, 15) is 0 Å². The molecule has 0 atom stereocenters. The Kier molecular flexibility index (Phi) is 29.1. The first kappa shape index (κ1) is 51.9. The summed E-state index contributed by atoms with van der Waals surface area (Å²) >= 11 is 0. The van der Waals surface area contributed by atoms with Crippen LogP contribution in [0.4, 0.5) is 11.4 Å². The topological polar surface area (TPSA) is 6.48 Å². The quantitative estimate of drug-likeness (QED) is 0.218. The minimum atomic E-state index is 0. The van der Waals surface area contributed by atoms with Crippen molar-refractivity contribution in [3.63, 3.8) is 0 Å². The van der Waals surface area contributed by atoms with Gasteiger partial charge < -0.3 is 47.5 Å². The van der Waals surface area contributed by atoms with E-state index in [0.717, 1.165) is 25.7 Å². The van der Waals surface area contributed by atoms with E-state index in [2.05, 4.69) is 135 Å². The van der Waals surface area contributed by atoms with Crippen molar-refractivity contribution >= 4 is 11.4 Å². The zero-order valence-electron chi connectivity index (χ0n) is 32.0. The van der Waals surface area contributed by atoms with Crippen LogP contribution in [0.1, 0.15) is 62.8 Å². The Hall–Kier alpha value is -2.21. The fraction of sp³-hybridized carbons (Fsp3) is 0.261. The molecule has 4 aliphatic carbocycles. The number of anilines is 2. The third-order valence-corrected chi connectivity index (χ3v) is 7.56. The first-order valence-corrected chi connectivity index (χ1v) is 16.9. The van der Waals surface area contributed by atoms with E-state index in [4.69, 9.17) is 0 Å². The second kappa shape index (κ2) is 29.2. The van der Waals surface area contributed by atoms with E-state index in [1.807, 2.05) is 77.0 Å². The van der Waals surface area contributed by atoms with Gasteiger partial charge in [-0.3, -0.25) is 12.2 Å². The van der Waals surface area contributed by atoms with Crippen LogP contribution < -0.4 is 34.6 Å². The Morgan fingerprint density at radius 2 is 0.885 bits per heavy atom. The Balaban J connectivity index is 0. The van der Waals surface area contributed by atoms with Gasteiger partial charge in [0, 0.05) is 28.2 Å². The summed E-state index contributed by atoms with van der Waals surface area (Å²) in [5.41, 5.74) is 13.5. The number of halogens is 2. The zero-order valence-corrected chi connectivity index (χ0v) is 38.5. The summed E-state index contributed by atoms with van der Waals surface area (Å²) in [5, 5.41) is 0. The third-order valence-electron chi connectivity index (χ3n) is 7.56. The smallest absolute Gasteiger partial charge is 1.00 e. The van der Waals surface area contributed by atoms with Crippen LogP contribution in [0.2, 0.25) is 0 Å². The van der Waals surface area contributed by atoms with Crippen LogP contribution in [-0.2, 0) is 65.2 Å². The van der Waals surface area contributed by atoms with Crippen LogP contribution in [0.3, 0.4) is 0 Å². The van der Waals surface area contributed by atoms with Crippen molar-refractivity contribution in [2.75, 3.05) is 38.0 Å². The van der Waals surface area contributed by atoms with Gasteiger partial charge in [0.1, 0.15) is 0 Å². The molecular weight excluding hydrogens is 834 g/mol. The van der Waals surface area contributed by atoms with Crippen LogP contribution in [0.25, 0.3) is 22.3 Å². The van der Waals surface area contributed by atoms with E-state index in [0.29, 0.717) is 0 Å². The Bertz CT molecular complexity index is 1540. The Labute approximate surface area is 367 Å². The first-order chi connectivity index (χ1) is 23.4. The molecule has 6 heteroatoms. The molecular formula is C46H52Cl2N2Zr2-2. The molecule has 0 bridgehead atoms. The molecule has 8 rings (SSSR count). The van der Waals surface area contributed by atoms with Gasteiger partial charge in [0.25, 0.3) is 0 Å². The monoisotopic (exact) mass is 882 g/mol. The van der Waals surface area contributed by atoms with Crippen molar-refractivity contribution in [2.24, 2.45) is 0 Å². The van der Waals surface area contributed by atoms with Crippen LogP contribution in [0, 0.1) is 37.1 Å². The number of fused-ring (bicyclic) bond motifs is 6. The van der Waals surface area contributed by atoms with Gasteiger partial charge >= 0.3 is 52.4 Å². The number of hydrogen-bond donors (Lipinski definition) is 0. The summed E-state index contributed by atoms with van der Waals surface area (Å²) in [6.45, 7) is 8.00. The van der Waals surface area contributed by atoms with Gasteiger partial charge in [0.05, 0.1) is 0 Å². The second-order valence-corrected chi connectivity index (χ2v) is 12.1. The van der Waals surface area contributed by atoms with E-state index >= 15 is 0 Å². The summed E-state index contributed by atoms with van der Waals surface area (Å²) < 4.78 is 0. The second-order valence-electron chi connectivity index (χ2n) is 12.1. The molecule has 0 saturated heterocycles. The van der Waals surface area contributed by atoms with Crippen molar-refractivity contribution in [2.45, 2.75) is 53.4 Å². The number of hydrogen-bond acceptors (Lipinski definition) is 2. The molecule has 0 aromatic heterocycles. The average Bonchev–Trinajstić information content (AvgIpc) is 3.93. The van der Waals surface area contributed by atoms with E-state index in [1.165, 1.54) is 55.9 Å². The molecule has 0 unspecified atom stereocenters. The van der Waals surface area contributed by atoms with Gasteiger partial charge in [-0.1, -0.05) is 82.2 Å². The fourth-order valence-corrected chi connectivity index (χ4v) is 5.59. The van der Waals surface area contributed by atoms with Gasteiger partial charge in [0.2, 0.25) is 0 Å². The summed E-state index contributed by atoms with van der Waals surface area (Å²) in [6, 6.07) is 32.4. The molecule has 0 amide bonds. The van der Waals surface area contributed by atoms with Crippen molar-refractivity contribution in [1.29, 1.82) is 0 Å². The molecule has 4 aromatic carbocycles. The maximum absolute atomic E-state index is 3.36. The minimum Gasteiger partial charge on any atom is -1.00 e. The molecule has 0 fully saturated rings. The standard InChI is InChI=1S/2C15H14N.2C5H5.2C3H7.2ClH.2Zr/c2*1-16(2)14-9-5-7-12-10-11-6-3-4-8-13(11)15(12)14;2*1-2-4-5-3-1;2*1-3-2;;;;/h2*3-6,8-9H,10H2,1-2H3;2*1-3H,4H2;2*3H,1-2H3;2*1H;;/q6*-1;;;2*+3/p-2. The van der Waals surface area contributed by atoms with E-state index < -0.39 is 0 Å². The van der Waals surface area contributed by atoms with Crippen LogP contribution in [0.15, 0.2) is 109 Å². The molecule has 2 nitrogen and oxygen atoms in total. The fourth-order valence-electron chi connectivity index (χ4n) is 5.59. The molecule has 4 aliphatic rings. The summed E-state index contributed by atoms with van der Waals surface area (Å²) in [7, 11) is 8.38. The number of benzene rings is 4. The van der Waals surface area contributed by atoms with Crippen molar-refractivity contribution < 1.29 is 77.2 Å². The Morgan fingerprint density at radius 3 is 1.15 bits per heavy atom. The van der Waals surface area contributed by atoms with Crippen LogP contribution >= 0.6 is 0 Å². The zero-order chi connectivity index (χ0) is 34.7. The Morgan fingerprint density at radius 1 is 0.538 bits per heavy atom. The third kappa shape index (κ3) is 15.6. The molecule has 270 valence electrons. The molecule has 0 N–H and O–H groups in total. The number of rotatable bonds is 2. The molecule has 0 aliphatic heterocycles. The van der Waals surface area contributed by atoms with Crippen molar-refractivity contribution in [3.8, 4) is 22.3 Å². The number of allylic oxidation sites excluding steroid dienone is 8. The van der Waals surface area contributed by atoms with Gasteiger partial charge in [-0.15, -0.1) is 47.2 Å². The van der Waals surface area contributed by atoms with Gasteiger partial charge in [-0.2, -0.15) is 64.1 Å². The van der Waals surface area contributed by atoms with E-state index in [-0.39, 0.29) is 77.2 Å². The maximum Gasteiger partial charge on any atom is 3.00 e. The van der Waals surface area contributed by atoms with Crippen LogP contribution in [-0.4, -0.2) is 28.2 Å². The van der Waals surface area contributed by atoms with Gasteiger partial charge in [0.15, 0.2) is 0 Å². The molecule has 4 aromatic rings. The summed E-state index contributed by atoms with van der Waals surface area (Å²) in [6.07, 6.45) is 26.0. The molecule has 0 saturated carbocycles. The largest absolute Gasteiger partial charge is 3.00 e. The maximum atomic E-state index is 3.36. The predicted octanol–water partition coefficient (Wildman–Crippen LogP) is 5.32. The molecule has 0 spiro atoms. The molecule has 52 heavy (non-hydrogen) atoms. The van der Waals surface area contributed by atoms with Crippen LogP contribution in [0.5, 0.6) is 0 Å². The predicted molar refractivity (Wildman–Crippen MR) is 210 cm³/mol. The number of nitrogens with zero attached hydrogens (tertiary/aromatic N) is 2. The average molecular weight is 886 g/mol. The first-order valence-electron chi connectivity index (χ1n) is 16.9. The van der Waals surface area contributed by atoms with Gasteiger partial charge in [-0.05, 0) is 12.8 Å². The summed E-state index contributed by atoms with van der Waals surface area (Å²) in [5.74, 6) is 0. The normalized spacial score (nSPS) is 11.5. The van der Waals surface area contributed by atoms with Crippen molar-refractivity contribution in [1.82, 2.24) is 0 Å². The van der Waals surface area contributed by atoms with Gasteiger partial charge in [-0.25, -0.2) is 24.3 Å². The summed E-state index contributed by atoms with van der Waals surface area (Å²) in [4.78, 5) is 4.35. The molecule has 2 radical (unpaired) electrons. The SMILES string of the molecule is CN(C)c1cc[c-]c2c1-c1ccccc1C2.CN(C)c1cc[c-]c2c1-c1ccccc1C2.C[CH-]C.C[CH-]C.[C-]1=CC=CC1.[C-]1=CC=CC1.[Cl-].[Cl-].[Zr+3].[Zr+3].